The van der Waals surface area contributed by atoms with Gasteiger partial charge in [-0.15, -0.1) is 0 Å². The summed E-state index contributed by atoms with van der Waals surface area (Å²) in [5.74, 6) is 0.311. The van der Waals surface area contributed by atoms with Gasteiger partial charge in [0.2, 0.25) is 0 Å². The molecule has 0 heterocycles. The van der Waals surface area contributed by atoms with Crippen LogP contribution in [0.2, 0.25) is 0 Å². The van der Waals surface area contributed by atoms with Gasteiger partial charge in [0.15, 0.2) is 0 Å². The second-order valence-electron chi connectivity index (χ2n) is 5.32. The Labute approximate surface area is 125 Å². The summed E-state index contributed by atoms with van der Waals surface area (Å²) in [4.78, 5) is 13.9. The molecule has 1 amide bonds. The van der Waals surface area contributed by atoms with Crippen LogP contribution in [0.5, 0.6) is 0 Å². The molecule has 20 heavy (non-hydrogen) atoms. The summed E-state index contributed by atoms with van der Waals surface area (Å²) in [7, 11) is 3.21. The molecule has 0 aliphatic rings. The topological polar surface area (TPSA) is 54.5 Å². The largest absolute Gasteiger partial charge is 0.342 e. The molecule has 6 heteroatoms. The van der Waals surface area contributed by atoms with Gasteiger partial charge in [-0.1, -0.05) is 19.9 Å². The molecular formula is C14H20ClNO3S. The molecule has 1 aromatic rings. The monoisotopic (exact) mass is 317 g/mol. The Morgan fingerprint density at radius 3 is 2.45 bits per heavy atom. The number of amides is 1. The second kappa shape index (κ2) is 6.59. The van der Waals surface area contributed by atoms with Gasteiger partial charge in [0.25, 0.3) is 15.0 Å². The van der Waals surface area contributed by atoms with Crippen LogP contribution < -0.4 is 0 Å². The first kappa shape index (κ1) is 17.0. The van der Waals surface area contributed by atoms with E-state index in [2.05, 4.69) is 13.8 Å². The zero-order valence-electron chi connectivity index (χ0n) is 12.2. The minimum Gasteiger partial charge on any atom is -0.342 e. The molecule has 0 aromatic heterocycles. The Kier molecular flexibility index (Phi) is 5.59. The average molecular weight is 318 g/mol. The maximum Gasteiger partial charge on any atom is 0.261 e. The highest BCUT2D eigenvalue weighted by Crippen LogP contribution is 2.20. The zero-order valence-corrected chi connectivity index (χ0v) is 13.8. The smallest absolute Gasteiger partial charge is 0.261 e. The summed E-state index contributed by atoms with van der Waals surface area (Å²) in [6.45, 7) is 6.58. The fraction of sp³-hybridized carbons (Fsp3) is 0.500. The van der Waals surface area contributed by atoms with Gasteiger partial charge in [-0.2, -0.15) is 0 Å². The van der Waals surface area contributed by atoms with Crippen molar-refractivity contribution in [3.8, 4) is 0 Å². The summed E-state index contributed by atoms with van der Waals surface area (Å²) in [6, 6.07) is 4.34. The molecule has 0 atom stereocenters. The van der Waals surface area contributed by atoms with Gasteiger partial charge in [-0.05, 0) is 37.0 Å². The van der Waals surface area contributed by atoms with E-state index < -0.39 is 9.05 Å². The summed E-state index contributed by atoms with van der Waals surface area (Å²) >= 11 is 0. The number of nitrogens with zero attached hydrogens (tertiary/aromatic N) is 1. The van der Waals surface area contributed by atoms with E-state index >= 15 is 0 Å². The predicted octanol–water partition coefficient (Wildman–Crippen LogP) is 3.04. The number of rotatable bonds is 5. The molecule has 0 aliphatic carbocycles. The maximum absolute atomic E-state index is 12.3. The molecule has 1 aromatic carbocycles. The normalized spacial score (nSPS) is 11.7. The van der Waals surface area contributed by atoms with Crippen molar-refractivity contribution in [3.05, 3.63) is 29.3 Å². The van der Waals surface area contributed by atoms with Gasteiger partial charge in [-0.3, -0.25) is 4.79 Å². The molecule has 0 N–H and O–H groups in total. The fourth-order valence-corrected chi connectivity index (χ4v) is 2.52. The van der Waals surface area contributed by atoms with Crippen LogP contribution in [-0.4, -0.2) is 32.8 Å². The highest BCUT2D eigenvalue weighted by atomic mass is 35.7. The zero-order chi connectivity index (χ0) is 15.5. The van der Waals surface area contributed by atoms with Crippen molar-refractivity contribution in [1.82, 2.24) is 4.90 Å². The lowest BCUT2D eigenvalue weighted by molar-refractivity contribution is 0.0788. The van der Waals surface area contributed by atoms with Crippen LogP contribution >= 0.6 is 10.7 Å². The standard InChI is InChI=1S/C14H20ClNO3S/c1-10(2)7-8-16(4)14(17)13-9-12(20(15,18)19)6-5-11(13)3/h5-6,9-10H,7-8H2,1-4H3. The molecule has 0 spiro atoms. The van der Waals surface area contributed by atoms with E-state index in [-0.39, 0.29) is 10.8 Å². The van der Waals surface area contributed by atoms with Crippen molar-refractivity contribution in [2.45, 2.75) is 32.1 Å². The number of carbonyl (C=O) groups excluding carboxylic acids is 1. The second-order valence-corrected chi connectivity index (χ2v) is 7.89. The number of halogens is 1. The third-order valence-electron chi connectivity index (χ3n) is 3.11. The van der Waals surface area contributed by atoms with E-state index in [1.54, 1.807) is 24.9 Å². The number of aryl methyl sites for hydroxylation is 1. The van der Waals surface area contributed by atoms with Crippen molar-refractivity contribution < 1.29 is 13.2 Å². The van der Waals surface area contributed by atoms with Crippen LogP contribution in [-0.2, 0) is 9.05 Å². The van der Waals surface area contributed by atoms with Gasteiger partial charge >= 0.3 is 0 Å². The van der Waals surface area contributed by atoms with E-state index in [1.807, 2.05) is 0 Å². The molecule has 1 rings (SSSR count). The number of hydrogen-bond donors (Lipinski definition) is 0. The Morgan fingerprint density at radius 1 is 1.35 bits per heavy atom. The van der Waals surface area contributed by atoms with Gasteiger partial charge in [0.1, 0.15) is 0 Å². The molecule has 0 fully saturated rings. The molecule has 112 valence electrons. The highest BCUT2D eigenvalue weighted by Gasteiger charge is 2.18. The van der Waals surface area contributed by atoms with E-state index in [9.17, 15) is 13.2 Å². The Bertz CT molecular complexity index is 596. The van der Waals surface area contributed by atoms with Gasteiger partial charge in [-0.25, -0.2) is 8.42 Å². The summed E-state index contributed by atoms with van der Waals surface area (Å²) < 4.78 is 22.7. The first-order valence-corrected chi connectivity index (χ1v) is 8.74. The van der Waals surface area contributed by atoms with Crippen LogP contribution in [0.3, 0.4) is 0 Å². The molecule has 0 saturated heterocycles. The van der Waals surface area contributed by atoms with Crippen LogP contribution in [0.4, 0.5) is 0 Å². The van der Waals surface area contributed by atoms with Crippen LogP contribution in [0.1, 0.15) is 36.2 Å². The first-order chi connectivity index (χ1) is 9.12. The quantitative estimate of drug-likeness (QED) is 0.784. The van der Waals surface area contributed by atoms with E-state index in [0.717, 1.165) is 12.0 Å². The Hall–Kier alpha value is -1.07. The van der Waals surface area contributed by atoms with Crippen molar-refractivity contribution in [2.75, 3.05) is 13.6 Å². The van der Waals surface area contributed by atoms with E-state index in [0.29, 0.717) is 18.0 Å². The van der Waals surface area contributed by atoms with Gasteiger partial charge in [0.05, 0.1) is 4.90 Å². The molecule has 0 aliphatic heterocycles. The van der Waals surface area contributed by atoms with Crippen molar-refractivity contribution in [1.29, 1.82) is 0 Å². The lowest BCUT2D eigenvalue weighted by atomic mass is 10.1. The third-order valence-corrected chi connectivity index (χ3v) is 4.46. The van der Waals surface area contributed by atoms with Crippen molar-refractivity contribution in [3.63, 3.8) is 0 Å². The van der Waals surface area contributed by atoms with E-state index in [1.165, 1.54) is 12.1 Å². The van der Waals surface area contributed by atoms with Gasteiger partial charge in [0, 0.05) is 29.8 Å². The van der Waals surface area contributed by atoms with E-state index in [4.69, 9.17) is 10.7 Å². The molecule has 0 bridgehead atoms. The molecule has 4 nitrogen and oxygen atoms in total. The van der Waals surface area contributed by atoms with Crippen molar-refractivity contribution in [2.24, 2.45) is 5.92 Å². The fourth-order valence-electron chi connectivity index (χ4n) is 1.74. The lowest BCUT2D eigenvalue weighted by Gasteiger charge is -2.19. The Morgan fingerprint density at radius 2 is 1.95 bits per heavy atom. The van der Waals surface area contributed by atoms with Crippen LogP contribution in [0.15, 0.2) is 23.1 Å². The maximum atomic E-state index is 12.3. The van der Waals surface area contributed by atoms with Crippen LogP contribution in [0, 0.1) is 12.8 Å². The molecule has 0 unspecified atom stereocenters. The minimum atomic E-state index is -3.83. The Balaban J connectivity index is 3.03. The first-order valence-electron chi connectivity index (χ1n) is 6.43. The number of benzene rings is 1. The summed E-state index contributed by atoms with van der Waals surface area (Å²) in [5.41, 5.74) is 1.11. The summed E-state index contributed by atoms with van der Waals surface area (Å²) in [6.07, 6.45) is 0.898. The predicted molar refractivity (Wildman–Crippen MR) is 80.6 cm³/mol. The number of carbonyl (C=O) groups is 1. The van der Waals surface area contributed by atoms with Crippen molar-refractivity contribution >= 4 is 25.6 Å². The third kappa shape index (κ3) is 4.49. The highest BCUT2D eigenvalue weighted by molar-refractivity contribution is 8.13. The van der Waals surface area contributed by atoms with Crippen LogP contribution in [0.25, 0.3) is 0 Å². The summed E-state index contributed by atoms with van der Waals surface area (Å²) in [5, 5.41) is 0. The molecule has 0 radical (unpaired) electrons. The average Bonchev–Trinajstić information content (AvgIpc) is 2.34. The number of hydrogen-bond acceptors (Lipinski definition) is 3. The SMILES string of the molecule is Cc1ccc(S(=O)(=O)Cl)cc1C(=O)N(C)CCC(C)C. The molecular weight excluding hydrogens is 298 g/mol. The molecule has 0 saturated carbocycles. The lowest BCUT2D eigenvalue weighted by Crippen LogP contribution is -2.29. The minimum absolute atomic E-state index is 0.0506. The van der Waals surface area contributed by atoms with Gasteiger partial charge < -0.3 is 4.90 Å².